The Bertz CT molecular complexity index is 888. The van der Waals surface area contributed by atoms with E-state index in [9.17, 15) is 4.79 Å². The summed E-state index contributed by atoms with van der Waals surface area (Å²) in [5, 5.41) is 3.22. The Morgan fingerprint density at radius 1 is 1.07 bits per heavy atom. The molecule has 2 heterocycles. The van der Waals surface area contributed by atoms with E-state index >= 15 is 0 Å². The van der Waals surface area contributed by atoms with E-state index < -0.39 is 0 Å². The van der Waals surface area contributed by atoms with Crippen LogP contribution in [-0.2, 0) is 22.2 Å². The molecule has 1 N–H and O–H groups in total. The van der Waals surface area contributed by atoms with Gasteiger partial charge in [0, 0.05) is 44.5 Å². The van der Waals surface area contributed by atoms with Crippen molar-refractivity contribution in [1.82, 2.24) is 15.2 Å². The summed E-state index contributed by atoms with van der Waals surface area (Å²) in [7, 11) is 2.15. The van der Waals surface area contributed by atoms with Gasteiger partial charge in [-0.1, -0.05) is 51.1 Å². The molecule has 5 heteroatoms. The third-order valence-electron chi connectivity index (χ3n) is 6.60. The molecule has 160 valence electrons. The summed E-state index contributed by atoms with van der Waals surface area (Å²) in [6, 6.07) is 12.7. The van der Waals surface area contributed by atoms with Gasteiger partial charge in [-0.2, -0.15) is 0 Å². The highest BCUT2D eigenvalue weighted by atomic mass is 16.2. The van der Waals surface area contributed by atoms with E-state index in [0.29, 0.717) is 6.54 Å². The van der Waals surface area contributed by atoms with Gasteiger partial charge in [-0.15, -0.1) is 0 Å². The van der Waals surface area contributed by atoms with Gasteiger partial charge >= 0.3 is 0 Å². The lowest BCUT2D eigenvalue weighted by molar-refractivity contribution is -0.123. The van der Waals surface area contributed by atoms with Crippen molar-refractivity contribution in [3.8, 4) is 0 Å². The molecule has 0 radical (unpaired) electrons. The van der Waals surface area contributed by atoms with Crippen LogP contribution in [-0.4, -0.2) is 49.0 Å². The van der Waals surface area contributed by atoms with Crippen molar-refractivity contribution in [2.75, 3.05) is 38.1 Å². The van der Waals surface area contributed by atoms with Crippen LogP contribution in [0.25, 0.3) is 0 Å². The van der Waals surface area contributed by atoms with Gasteiger partial charge in [0.1, 0.15) is 5.82 Å². The number of piperazine rings is 1. The average Bonchev–Trinajstić information content (AvgIpc) is 3.54. The van der Waals surface area contributed by atoms with Crippen LogP contribution < -0.4 is 10.2 Å². The summed E-state index contributed by atoms with van der Waals surface area (Å²) in [6.07, 6.45) is 3.69. The fourth-order valence-corrected chi connectivity index (χ4v) is 4.28. The monoisotopic (exact) mass is 406 g/mol. The van der Waals surface area contributed by atoms with Crippen LogP contribution in [0.2, 0.25) is 0 Å². The van der Waals surface area contributed by atoms with E-state index in [1.807, 2.05) is 12.3 Å². The van der Waals surface area contributed by atoms with Gasteiger partial charge in [-0.05, 0) is 42.5 Å². The maximum atomic E-state index is 13.2. The first-order valence-corrected chi connectivity index (χ1v) is 11.1. The van der Waals surface area contributed by atoms with Gasteiger partial charge in [0.05, 0.1) is 5.41 Å². The highest BCUT2D eigenvalue weighted by molar-refractivity contribution is 5.91. The number of hydrogen-bond acceptors (Lipinski definition) is 4. The molecule has 1 saturated carbocycles. The van der Waals surface area contributed by atoms with Crippen molar-refractivity contribution >= 4 is 11.7 Å². The molecule has 5 nitrogen and oxygen atoms in total. The summed E-state index contributed by atoms with van der Waals surface area (Å²) in [4.78, 5) is 22.5. The first-order chi connectivity index (χ1) is 14.3. The van der Waals surface area contributed by atoms with Crippen molar-refractivity contribution in [2.45, 2.75) is 51.0 Å². The third-order valence-corrected chi connectivity index (χ3v) is 6.60. The van der Waals surface area contributed by atoms with Crippen molar-refractivity contribution in [3.63, 3.8) is 0 Å². The molecule has 2 fully saturated rings. The van der Waals surface area contributed by atoms with E-state index in [-0.39, 0.29) is 16.7 Å². The number of amides is 1. The Labute approximate surface area is 180 Å². The van der Waals surface area contributed by atoms with Crippen molar-refractivity contribution in [3.05, 3.63) is 59.3 Å². The van der Waals surface area contributed by atoms with E-state index in [2.05, 4.69) is 78.3 Å². The number of nitrogens with zero attached hydrogens (tertiary/aromatic N) is 3. The Morgan fingerprint density at radius 3 is 2.33 bits per heavy atom. The van der Waals surface area contributed by atoms with Crippen LogP contribution in [0, 0.1) is 0 Å². The van der Waals surface area contributed by atoms with Gasteiger partial charge in [0.25, 0.3) is 0 Å². The van der Waals surface area contributed by atoms with Gasteiger partial charge in [-0.25, -0.2) is 4.98 Å². The van der Waals surface area contributed by atoms with Gasteiger partial charge in [0.15, 0.2) is 0 Å². The second kappa shape index (κ2) is 8.03. The quantitative estimate of drug-likeness (QED) is 0.826. The number of hydrogen-bond donors (Lipinski definition) is 1. The lowest BCUT2D eigenvalue weighted by Gasteiger charge is -2.34. The molecule has 1 aromatic heterocycles. The van der Waals surface area contributed by atoms with E-state index in [1.165, 1.54) is 5.56 Å². The van der Waals surface area contributed by atoms with Crippen molar-refractivity contribution in [1.29, 1.82) is 0 Å². The maximum absolute atomic E-state index is 13.2. The number of benzene rings is 1. The molecular weight excluding hydrogens is 372 g/mol. The summed E-state index contributed by atoms with van der Waals surface area (Å²) in [6.45, 7) is 11.2. The zero-order valence-corrected chi connectivity index (χ0v) is 18.7. The predicted octanol–water partition coefficient (Wildman–Crippen LogP) is 3.48. The summed E-state index contributed by atoms with van der Waals surface area (Å²) in [5.74, 6) is 1.14. The van der Waals surface area contributed by atoms with E-state index in [4.69, 9.17) is 0 Å². The fourth-order valence-electron chi connectivity index (χ4n) is 4.28. The van der Waals surface area contributed by atoms with Crippen LogP contribution in [0.5, 0.6) is 0 Å². The first kappa shape index (κ1) is 20.9. The number of nitrogens with one attached hydrogen (secondary N) is 1. The highest BCUT2D eigenvalue weighted by Gasteiger charge is 2.51. The molecule has 2 aliphatic rings. The van der Waals surface area contributed by atoms with Crippen LogP contribution in [0.4, 0.5) is 5.82 Å². The fraction of sp³-hybridized carbons (Fsp3) is 0.520. The Kier molecular flexibility index (Phi) is 5.58. The number of carbonyl (C=O) groups excluding carboxylic acids is 1. The van der Waals surface area contributed by atoms with E-state index in [1.54, 1.807) is 0 Å². The molecule has 1 saturated heterocycles. The predicted molar refractivity (Wildman–Crippen MR) is 122 cm³/mol. The second-order valence-electron chi connectivity index (χ2n) is 9.87. The lowest BCUT2D eigenvalue weighted by Crippen LogP contribution is -2.45. The molecule has 1 aromatic carbocycles. The Morgan fingerprint density at radius 2 is 1.73 bits per heavy atom. The summed E-state index contributed by atoms with van der Waals surface area (Å²) >= 11 is 0. The average molecular weight is 407 g/mol. The van der Waals surface area contributed by atoms with Crippen LogP contribution >= 0.6 is 0 Å². The number of rotatable bonds is 5. The summed E-state index contributed by atoms with van der Waals surface area (Å²) in [5.41, 5.74) is 3.30. The molecule has 0 bridgehead atoms. The molecule has 1 amide bonds. The summed E-state index contributed by atoms with van der Waals surface area (Å²) < 4.78 is 0. The van der Waals surface area contributed by atoms with E-state index in [0.717, 1.165) is 56.0 Å². The molecule has 0 spiro atoms. The number of likely N-dealkylation sites (N-methyl/N-ethyl adjacent to an activating group) is 1. The van der Waals surface area contributed by atoms with Crippen molar-refractivity contribution < 1.29 is 4.79 Å². The Balaban J connectivity index is 1.44. The van der Waals surface area contributed by atoms with Gasteiger partial charge in [0.2, 0.25) is 5.91 Å². The van der Waals surface area contributed by atoms with Crippen LogP contribution in [0.3, 0.4) is 0 Å². The third kappa shape index (κ3) is 4.22. The zero-order valence-electron chi connectivity index (χ0n) is 18.7. The largest absolute Gasteiger partial charge is 0.354 e. The molecular formula is C25H34N4O. The van der Waals surface area contributed by atoms with Crippen molar-refractivity contribution in [2.24, 2.45) is 0 Å². The molecule has 2 aromatic rings. The number of aromatic nitrogens is 1. The number of pyridine rings is 1. The number of anilines is 1. The molecule has 0 unspecified atom stereocenters. The SMILES string of the molecule is CN1CCN(c2ncccc2CNC(=O)C2(c3ccc(C(C)(C)C)cc3)CC2)CC1. The second-order valence-corrected chi connectivity index (χ2v) is 9.87. The van der Waals surface area contributed by atoms with Crippen LogP contribution in [0.15, 0.2) is 42.6 Å². The molecule has 0 atom stereocenters. The Hall–Kier alpha value is -2.40. The number of carbonyl (C=O) groups is 1. The van der Waals surface area contributed by atoms with Crippen LogP contribution in [0.1, 0.15) is 50.3 Å². The standard InChI is InChI=1S/C25H34N4O/c1-24(2,3)20-7-9-21(10-8-20)25(11-12-25)23(30)27-18-19-6-5-13-26-22(19)29-16-14-28(4)15-17-29/h5-10,13H,11-12,14-18H2,1-4H3,(H,27,30). The maximum Gasteiger partial charge on any atom is 0.230 e. The molecule has 1 aliphatic carbocycles. The highest BCUT2D eigenvalue weighted by Crippen LogP contribution is 2.48. The normalized spacial score (nSPS) is 18.9. The molecule has 4 rings (SSSR count). The van der Waals surface area contributed by atoms with Gasteiger partial charge < -0.3 is 15.1 Å². The molecule has 1 aliphatic heterocycles. The lowest BCUT2D eigenvalue weighted by atomic mass is 9.85. The van der Waals surface area contributed by atoms with Gasteiger partial charge in [-0.3, -0.25) is 4.79 Å². The first-order valence-electron chi connectivity index (χ1n) is 11.1. The zero-order chi connectivity index (χ0) is 21.4. The topological polar surface area (TPSA) is 48.5 Å². The minimum atomic E-state index is -0.355. The molecule has 30 heavy (non-hydrogen) atoms. The smallest absolute Gasteiger partial charge is 0.230 e. The minimum Gasteiger partial charge on any atom is -0.354 e. The minimum absolute atomic E-state index is 0.122.